The van der Waals surface area contributed by atoms with Crippen LogP contribution < -0.4 is 15.5 Å². The van der Waals surface area contributed by atoms with Gasteiger partial charge < -0.3 is 15.5 Å². The number of aromatic nitrogens is 2. The third-order valence-electron chi connectivity index (χ3n) is 6.27. The number of anilines is 2. The van der Waals surface area contributed by atoms with E-state index < -0.39 is 29.0 Å². The third kappa shape index (κ3) is 5.80. The minimum absolute atomic E-state index is 0.140. The molecule has 0 spiro atoms. The van der Waals surface area contributed by atoms with Crippen molar-refractivity contribution in [3.05, 3.63) is 59.4 Å². The summed E-state index contributed by atoms with van der Waals surface area (Å²) in [5.74, 6) is -0.360. The molecular weight excluding hydrogens is 462 g/mol. The number of rotatable bonds is 6. The largest absolute Gasteiger partial charge is 0.417 e. The van der Waals surface area contributed by atoms with E-state index >= 15 is 0 Å². The van der Waals surface area contributed by atoms with Crippen LogP contribution in [-0.2, 0) is 6.18 Å². The first kappa shape index (κ1) is 24.7. The number of para-hydroxylation sites is 1. The second-order valence-corrected chi connectivity index (χ2v) is 9.04. The zero-order valence-electron chi connectivity index (χ0n) is 19.5. The van der Waals surface area contributed by atoms with Crippen molar-refractivity contribution in [2.75, 3.05) is 30.9 Å². The lowest BCUT2D eigenvalue weighted by Gasteiger charge is -2.29. The molecule has 0 saturated heterocycles. The van der Waals surface area contributed by atoms with Gasteiger partial charge in [0.25, 0.3) is 5.91 Å². The minimum atomic E-state index is -4.81. The number of halogens is 4. The summed E-state index contributed by atoms with van der Waals surface area (Å²) in [6.07, 6.45) is -1.59. The molecule has 0 radical (unpaired) electrons. The molecule has 1 saturated carbocycles. The van der Waals surface area contributed by atoms with Gasteiger partial charge in [0.2, 0.25) is 5.95 Å². The van der Waals surface area contributed by atoms with Gasteiger partial charge in [0, 0.05) is 32.1 Å². The maximum absolute atomic E-state index is 13.3. The molecule has 1 aromatic heterocycles. The highest BCUT2D eigenvalue weighted by Crippen LogP contribution is 2.33. The Labute approximate surface area is 200 Å². The number of amides is 1. The topological polar surface area (TPSA) is 70.2 Å². The summed E-state index contributed by atoms with van der Waals surface area (Å²) in [6, 6.07) is 10.1. The van der Waals surface area contributed by atoms with Gasteiger partial charge in [-0.1, -0.05) is 12.1 Å². The molecule has 0 bridgehead atoms. The van der Waals surface area contributed by atoms with E-state index in [4.69, 9.17) is 0 Å². The summed E-state index contributed by atoms with van der Waals surface area (Å²) in [6.45, 7) is 0.261. The van der Waals surface area contributed by atoms with Crippen LogP contribution in [0.2, 0.25) is 0 Å². The van der Waals surface area contributed by atoms with Crippen molar-refractivity contribution in [3.8, 4) is 0 Å². The quantitative estimate of drug-likeness (QED) is 0.463. The van der Waals surface area contributed by atoms with Gasteiger partial charge >= 0.3 is 6.18 Å². The number of carbonyl (C=O) groups is 1. The number of alkyl halides is 3. The van der Waals surface area contributed by atoms with Crippen LogP contribution in [0, 0.1) is 11.7 Å². The van der Waals surface area contributed by atoms with E-state index in [1.165, 1.54) is 0 Å². The minimum Gasteiger partial charge on any atom is -0.362 e. The van der Waals surface area contributed by atoms with Gasteiger partial charge in [-0.25, -0.2) is 9.37 Å². The number of nitrogens with one attached hydrogen (secondary N) is 2. The Morgan fingerprint density at radius 3 is 2.46 bits per heavy atom. The molecule has 2 aromatic carbocycles. The first-order valence-electron chi connectivity index (χ1n) is 11.5. The second kappa shape index (κ2) is 10.1. The molecule has 1 heterocycles. The molecule has 0 unspecified atom stereocenters. The van der Waals surface area contributed by atoms with Crippen LogP contribution in [0.3, 0.4) is 0 Å². The van der Waals surface area contributed by atoms with E-state index in [9.17, 15) is 22.4 Å². The summed E-state index contributed by atoms with van der Waals surface area (Å²) in [4.78, 5) is 23.6. The van der Waals surface area contributed by atoms with Gasteiger partial charge in [-0.15, -0.1) is 0 Å². The number of benzene rings is 2. The van der Waals surface area contributed by atoms with Crippen molar-refractivity contribution in [1.29, 1.82) is 0 Å². The summed E-state index contributed by atoms with van der Waals surface area (Å²) in [5.41, 5.74) is -0.987. The van der Waals surface area contributed by atoms with E-state index in [1.54, 1.807) is 0 Å². The van der Waals surface area contributed by atoms with E-state index in [1.807, 2.05) is 43.3 Å². The van der Waals surface area contributed by atoms with Crippen molar-refractivity contribution in [2.24, 2.45) is 5.92 Å². The molecule has 10 heteroatoms. The third-order valence-corrected chi connectivity index (χ3v) is 6.27. The molecule has 35 heavy (non-hydrogen) atoms. The lowest BCUT2D eigenvalue weighted by Crippen LogP contribution is -2.35. The van der Waals surface area contributed by atoms with Crippen LogP contribution in [0.5, 0.6) is 0 Å². The van der Waals surface area contributed by atoms with Crippen LogP contribution in [0.15, 0.2) is 42.5 Å². The van der Waals surface area contributed by atoms with E-state index in [0.29, 0.717) is 12.0 Å². The van der Waals surface area contributed by atoms with Crippen molar-refractivity contribution in [2.45, 2.75) is 37.9 Å². The standard InChI is InChI=1S/C25H27F4N5O/c1-34(2)22-19-5-3-4-6-21(19)32-24(33-22)31-17-10-7-15(8-11-17)14-30-23(35)18-12-9-16(26)13-20(18)25(27,28)29/h3-6,9,12-13,15,17H,7-8,10-11,14H2,1-2H3,(H,30,35)(H,31,32,33)/t15-,17+. The molecule has 0 atom stereocenters. The predicted octanol–water partition coefficient (Wildman–Crippen LogP) is 5.25. The van der Waals surface area contributed by atoms with Gasteiger partial charge in [-0.2, -0.15) is 18.2 Å². The van der Waals surface area contributed by atoms with E-state index in [0.717, 1.165) is 54.5 Å². The number of nitrogens with zero attached hydrogens (tertiary/aromatic N) is 3. The maximum Gasteiger partial charge on any atom is 0.417 e. The first-order chi connectivity index (χ1) is 16.6. The van der Waals surface area contributed by atoms with Gasteiger partial charge in [-0.05, 0) is 61.9 Å². The van der Waals surface area contributed by atoms with Crippen LogP contribution >= 0.6 is 0 Å². The predicted molar refractivity (Wildman–Crippen MR) is 127 cm³/mol. The van der Waals surface area contributed by atoms with Crippen molar-refractivity contribution in [1.82, 2.24) is 15.3 Å². The smallest absolute Gasteiger partial charge is 0.362 e. The van der Waals surface area contributed by atoms with Gasteiger partial charge in [-0.3, -0.25) is 4.79 Å². The lowest BCUT2D eigenvalue weighted by atomic mass is 9.86. The molecule has 1 fully saturated rings. The fourth-order valence-corrected chi connectivity index (χ4v) is 4.44. The molecule has 6 nitrogen and oxygen atoms in total. The highest BCUT2D eigenvalue weighted by atomic mass is 19.4. The highest BCUT2D eigenvalue weighted by Gasteiger charge is 2.36. The van der Waals surface area contributed by atoms with Gasteiger partial charge in [0.1, 0.15) is 11.6 Å². The molecule has 2 N–H and O–H groups in total. The summed E-state index contributed by atoms with van der Waals surface area (Å²) in [5, 5.41) is 6.98. The summed E-state index contributed by atoms with van der Waals surface area (Å²) in [7, 11) is 3.86. The second-order valence-electron chi connectivity index (χ2n) is 9.04. The van der Waals surface area contributed by atoms with Crippen LogP contribution in [-0.4, -0.2) is 42.6 Å². The number of fused-ring (bicyclic) bond motifs is 1. The molecule has 1 aliphatic carbocycles. The van der Waals surface area contributed by atoms with Crippen LogP contribution in [0.25, 0.3) is 10.9 Å². The Hall–Kier alpha value is -3.43. The van der Waals surface area contributed by atoms with Crippen molar-refractivity contribution < 1.29 is 22.4 Å². The molecule has 1 aliphatic rings. The number of carbonyl (C=O) groups excluding carboxylic acids is 1. The molecule has 1 amide bonds. The van der Waals surface area contributed by atoms with Crippen LogP contribution in [0.1, 0.15) is 41.6 Å². The Bertz CT molecular complexity index is 1210. The Morgan fingerprint density at radius 2 is 1.77 bits per heavy atom. The monoisotopic (exact) mass is 489 g/mol. The average Bonchev–Trinajstić information content (AvgIpc) is 2.82. The SMILES string of the molecule is CN(C)c1nc(N[C@H]2CC[C@@H](CNC(=O)c3ccc(F)cc3C(F)(F)F)CC2)nc2ccccc12. The number of hydrogen-bond acceptors (Lipinski definition) is 5. The normalized spacial score (nSPS) is 18.3. The lowest BCUT2D eigenvalue weighted by molar-refractivity contribution is -0.138. The fraction of sp³-hybridized carbons (Fsp3) is 0.400. The Kier molecular flexibility index (Phi) is 7.09. The maximum atomic E-state index is 13.3. The Morgan fingerprint density at radius 1 is 1.06 bits per heavy atom. The molecule has 3 aromatic rings. The zero-order chi connectivity index (χ0) is 25.2. The first-order valence-corrected chi connectivity index (χ1v) is 11.5. The van der Waals surface area contributed by atoms with E-state index in [-0.39, 0.29) is 18.5 Å². The molecule has 4 rings (SSSR count). The molecular formula is C25H27F4N5O. The van der Waals surface area contributed by atoms with Crippen molar-refractivity contribution in [3.63, 3.8) is 0 Å². The Balaban J connectivity index is 1.34. The van der Waals surface area contributed by atoms with Gasteiger partial charge in [0.15, 0.2) is 0 Å². The molecule has 0 aliphatic heterocycles. The summed E-state index contributed by atoms with van der Waals surface area (Å²) >= 11 is 0. The highest BCUT2D eigenvalue weighted by molar-refractivity contribution is 5.96. The fourth-order valence-electron chi connectivity index (χ4n) is 4.44. The van der Waals surface area contributed by atoms with Gasteiger partial charge in [0.05, 0.1) is 16.6 Å². The number of hydrogen-bond donors (Lipinski definition) is 2. The summed E-state index contributed by atoms with van der Waals surface area (Å²) < 4.78 is 52.9. The molecule has 186 valence electrons. The zero-order valence-corrected chi connectivity index (χ0v) is 19.5. The van der Waals surface area contributed by atoms with Crippen LogP contribution in [0.4, 0.5) is 29.3 Å². The average molecular weight is 490 g/mol. The van der Waals surface area contributed by atoms with E-state index in [2.05, 4.69) is 20.6 Å². The van der Waals surface area contributed by atoms with Crippen molar-refractivity contribution >= 4 is 28.6 Å².